The Kier molecular flexibility index (Phi) is 6.48. The number of furan rings is 1. The fourth-order valence-electron chi connectivity index (χ4n) is 6.22. The van der Waals surface area contributed by atoms with Crippen LogP contribution in [0.5, 0.6) is 0 Å². The van der Waals surface area contributed by atoms with Gasteiger partial charge in [-0.15, -0.1) is 0 Å². The molecule has 178 valence electrons. The van der Waals surface area contributed by atoms with Crippen molar-refractivity contribution in [3.05, 3.63) is 46.0 Å². The van der Waals surface area contributed by atoms with Crippen molar-refractivity contribution in [3.8, 4) is 11.3 Å². The molecule has 0 spiro atoms. The third kappa shape index (κ3) is 4.69. The molecule has 1 atom stereocenters. The number of rotatable bonds is 6. The van der Waals surface area contributed by atoms with Crippen molar-refractivity contribution < 1.29 is 13.6 Å². The second-order valence-electron chi connectivity index (χ2n) is 11.0. The largest absolute Gasteiger partial charge is 0.460 e. The van der Waals surface area contributed by atoms with Crippen LogP contribution in [0.15, 0.2) is 16.5 Å². The van der Waals surface area contributed by atoms with Crippen molar-refractivity contribution in [1.29, 1.82) is 0 Å². The molecule has 2 N–H and O–H groups in total. The van der Waals surface area contributed by atoms with Crippen molar-refractivity contribution in [2.75, 3.05) is 6.54 Å². The van der Waals surface area contributed by atoms with Gasteiger partial charge in [0.2, 0.25) is 0 Å². The van der Waals surface area contributed by atoms with Crippen LogP contribution in [0.25, 0.3) is 11.3 Å². The summed E-state index contributed by atoms with van der Waals surface area (Å²) in [4.78, 5) is 13.1. The first kappa shape index (κ1) is 22.8. The summed E-state index contributed by atoms with van der Waals surface area (Å²) < 4.78 is 21.6. The van der Waals surface area contributed by atoms with Gasteiger partial charge in [0.25, 0.3) is 0 Å². The summed E-state index contributed by atoms with van der Waals surface area (Å²) >= 11 is 0. The van der Waals surface area contributed by atoms with E-state index in [9.17, 15) is 4.79 Å². The number of fused-ring (bicyclic) bond motifs is 3. The molecule has 1 aromatic heterocycles. The van der Waals surface area contributed by atoms with Crippen LogP contribution in [0.4, 0.5) is 4.39 Å². The van der Waals surface area contributed by atoms with E-state index >= 15 is 4.39 Å². The zero-order chi connectivity index (χ0) is 23.1. The molecule has 0 amide bonds. The Bertz CT molecular complexity index is 1030. The molecule has 5 rings (SSSR count). The van der Waals surface area contributed by atoms with Gasteiger partial charge in [0.05, 0.1) is 5.56 Å². The lowest BCUT2D eigenvalue weighted by molar-refractivity contribution is 0.0975. The Morgan fingerprint density at radius 1 is 1.00 bits per heavy atom. The molecule has 3 nitrogen and oxygen atoms in total. The number of hydrogen-bond acceptors (Lipinski definition) is 3. The number of Topliss-reactive ketones (excluding diaryl/α,β-unsaturated/α-hetero) is 1. The number of nitrogens with two attached hydrogens (primary N) is 1. The average molecular weight is 452 g/mol. The smallest absolute Gasteiger partial charge is 0.167 e. The quantitative estimate of drug-likeness (QED) is 0.503. The maximum Gasteiger partial charge on any atom is 0.167 e. The molecule has 1 aromatic carbocycles. The van der Waals surface area contributed by atoms with Crippen LogP contribution in [0.2, 0.25) is 0 Å². The summed E-state index contributed by atoms with van der Waals surface area (Å²) in [7, 11) is 0. The first-order valence-corrected chi connectivity index (χ1v) is 13.1. The molecular weight excluding hydrogens is 413 g/mol. The summed E-state index contributed by atoms with van der Waals surface area (Å²) in [5.41, 5.74) is 10.3. The molecule has 0 radical (unpaired) electrons. The highest BCUT2D eigenvalue weighted by molar-refractivity contribution is 6.03. The number of carbonyl (C=O) groups excluding carboxylic acids is 1. The minimum atomic E-state index is -0.153. The van der Waals surface area contributed by atoms with Gasteiger partial charge >= 0.3 is 0 Å². The van der Waals surface area contributed by atoms with Gasteiger partial charge in [-0.25, -0.2) is 4.39 Å². The van der Waals surface area contributed by atoms with Crippen LogP contribution < -0.4 is 5.73 Å². The molecule has 0 aliphatic heterocycles. The minimum absolute atomic E-state index is 0.142. The zero-order valence-corrected chi connectivity index (χ0v) is 20.2. The average Bonchev–Trinajstić information content (AvgIpc) is 3.59. The maximum atomic E-state index is 15.4. The van der Waals surface area contributed by atoms with Crippen molar-refractivity contribution >= 4 is 5.78 Å². The molecule has 2 aromatic rings. The van der Waals surface area contributed by atoms with Crippen LogP contribution in [0.3, 0.4) is 0 Å². The molecule has 2 saturated carbocycles. The Hall–Kier alpha value is -1.94. The van der Waals surface area contributed by atoms with Crippen molar-refractivity contribution in [3.63, 3.8) is 0 Å². The second-order valence-corrected chi connectivity index (χ2v) is 11.0. The van der Waals surface area contributed by atoms with E-state index in [1.807, 2.05) is 13.8 Å². The number of aryl methyl sites for hydroxylation is 2. The monoisotopic (exact) mass is 451 g/mol. The molecule has 4 heteroatoms. The highest BCUT2D eigenvalue weighted by Crippen LogP contribution is 2.47. The molecular formula is C29H38FNO2. The molecule has 3 aliphatic carbocycles. The Labute approximate surface area is 197 Å². The molecule has 0 saturated heterocycles. The van der Waals surface area contributed by atoms with Crippen LogP contribution in [-0.2, 0) is 6.42 Å². The van der Waals surface area contributed by atoms with Gasteiger partial charge in [0.15, 0.2) is 5.78 Å². The Morgan fingerprint density at radius 3 is 2.39 bits per heavy atom. The molecule has 3 aliphatic rings. The van der Waals surface area contributed by atoms with Gasteiger partial charge in [-0.3, -0.25) is 4.79 Å². The standard InChI is InChI=1S/C29H38FNO2/c1-17-18(2)33-29-25-15-26(30)23(10-9-19-3-7-21(16-31)8-4-19)14-24(25)22(13-20-5-6-20)11-12-27(32)28(17)29/h14-15,19-22H,3-13,16,31H2,1-2H3. The van der Waals surface area contributed by atoms with Crippen LogP contribution >= 0.6 is 0 Å². The van der Waals surface area contributed by atoms with E-state index in [1.165, 1.54) is 44.1 Å². The normalized spacial score (nSPS) is 25.3. The first-order chi connectivity index (χ1) is 15.9. The van der Waals surface area contributed by atoms with Gasteiger partial charge in [0.1, 0.15) is 17.3 Å². The van der Waals surface area contributed by atoms with Gasteiger partial charge in [-0.2, -0.15) is 0 Å². The fraction of sp³-hybridized carbons (Fsp3) is 0.621. The number of halogens is 1. The minimum Gasteiger partial charge on any atom is -0.460 e. The summed E-state index contributed by atoms with van der Waals surface area (Å²) in [6.07, 6.45) is 11.7. The second kappa shape index (κ2) is 9.37. The lowest BCUT2D eigenvalue weighted by Crippen LogP contribution is -2.21. The van der Waals surface area contributed by atoms with Crippen molar-refractivity contribution in [2.24, 2.45) is 23.5 Å². The SMILES string of the molecule is Cc1oc2c(c1C)C(=O)CCC(CC1CC1)c1cc(CCC3CCC(CN)CC3)c(F)cc1-2. The van der Waals surface area contributed by atoms with E-state index in [4.69, 9.17) is 10.2 Å². The van der Waals surface area contributed by atoms with Crippen LogP contribution in [0, 0.1) is 37.4 Å². The number of ketones is 1. The van der Waals surface area contributed by atoms with E-state index in [0.29, 0.717) is 35.5 Å². The number of hydrogen-bond donors (Lipinski definition) is 1. The summed E-state index contributed by atoms with van der Waals surface area (Å²) in [5, 5.41) is 0. The maximum absolute atomic E-state index is 15.4. The van der Waals surface area contributed by atoms with E-state index in [0.717, 1.165) is 60.6 Å². The van der Waals surface area contributed by atoms with Gasteiger partial charge < -0.3 is 10.2 Å². The predicted octanol–water partition coefficient (Wildman–Crippen LogP) is 7.26. The number of benzene rings is 1. The zero-order valence-electron chi connectivity index (χ0n) is 20.2. The summed E-state index contributed by atoms with van der Waals surface area (Å²) in [6.45, 7) is 4.65. The predicted molar refractivity (Wildman–Crippen MR) is 130 cm³/mol. The highest BCUT2D eigenvalue weighted by Gasteiger charge is 2.34. The molecule has 0 bridgehead atoms. The lowest BCUT2D eigenvalue weighted by atomic mass is 9.78. The molecule has 2 fully saturated rings. The lowest BCUT2D eigenvalue weighted by Gasteiger charge is -2.28. The molecule has 1 heterocycles. The van der Waals surface area contributed by atoms with Crippen molar-refractivity contribution in [1.82, 2.24) is 0 Å². The van der Waals surface area contributed by atoms with Gasteiger partial charge in [-0.05, 0) is 99.8 Å². The Balaban J connectivity index is 1.47. The van der Waals surface area contributed by atoms with E-state index in [2.05, 4.69) is 6.07 Å². The van der Waals surface area contributed by atoms with Gasteiger partial charge in [0, 0.05) is 17.5 Å². The fourth-order valence-corrected chi connectivity index (χ4v) is 6.22. The van der Waals surface area contributed by atoms with E-state index < -0.39 is 0 Å². The highest BCUT2D eigenvalue weighted by atomic mass is 19.1. The number of carbonyl (C=O) groups is 1. The van der Waals surface area contributed by atoms with Crippen LogP contribution in [0.1, 0.15) is 103 Å². The first-order valence-electron chi connectivity index (χ1n) is 13.1. The van der Waals surface area contributed by atoms with Crippen molar-refractivity contribution in [2.45, 2.75) is 90.4 Å². The molecule has 1 unspecified atom stereocenters. The summed E-state index contributed by atoms with van der Waals surface area (Å²) in [5.74, 6) is 3.75. The summed E-state index contributed by atoms with van der Waals surface area (Å²) in [6, 6.07) is 3.81. The van der Waals surface area contributed by atoms with Crippen LogP contribution in [-0.4, -0.2) is 12.3 Å². The topological polar surface area (TPSA) is 56.2 Å². The molecule has 33 heavy (non-hydrogen) atoms. The third-order valence-electron chi connectivity index (χ3n) is 8.72. The van der Waals surface area contributed by atoms with E-state index in [-0.39, 0.29) is 11.6 Å². The van der Waals surface area contributed by atoms with Gasteiger partial charge in [-0.1, -0.05) is 31.7 Å². The third-order valence-corrected chi connectivity index (χ3v) is 8.72. The Morgan fingerprint density at radius 2 is 1.70 bits per heavy atom. The van der Waals surface area contributed by atoms with E-state index in [1.54, 1.807) is 6.07 Å².